The van der Waals surface area contributed by atoms with Crippen LogP contribution in [0, 0.1) is 0 Å². The van der Waals surface area contributed by atoms with Crippen LogP contribution in [0.4, 0.5) is 0 Å². The van der Waals surface area contributed by atoms with Gasteiger partial charge in [0.1, 0.15) is 0 Å². The van der Waals surface area contributed by atoms with Crippen LogP contribution in [0.3, 0.4) is 0 Å². The maximum absolute atomic E-state index is 12.3. The summed E-state index contributed by atoms with van der Waals surface area (Å²) < 4.78 is 5.46. The van der Waals surface area contributed by atoms with Crippen molar-refractivity contribution in [3.05, 3.63) is 12.2 Å². The number of rotatable bonds is 44. The van der Waals surface area contributed by atoms with Crippen molar-refractivity contribution in [2.24, 2.45) is 0 Å². The average Bonchev–Trinajstić information content (AvgIpc) is 3.17. The van der Waals surface area contributed by atoms with E-state index in [4.69, 9.17) is 4.74 Å². The van der Waals surface area contributed by atoms with Gasteiger partial charge in [0.2, 0.25) is 5.91 Å². The number of aliphatic hydroxyl groups excluding tert-OH is 2. The fraction of sp³-hybridized carbons (Fsp3) is 0.917. The summed E-state index contributed by atoms with van der Waals surface area (Å²) >= 11 is 0. The first-order valence-corrected chi connectivity index (χ1v) is 24.0. The van der Waals surface area contributed by atoms with Gasteiger partial charge in [0.05, 0.1) is 25.4 Å². The van der Waals surface area contributed by atoms with Gasteiger partial charge in [-0.25, -0.2) is 0 Å². The van der Waals surface area contributed by atoms with Gasteiger partial charge in [-0.2, -0.15) is 0 Å². The lowest BCUT2D eigenvalue weighted by molar-refractivity contribution is -0.143. The number of aliphatic hydroxyl groups is 2. The highest BCUT2D eigenvalue weighted by Crippen LogP contribution is 2.16. The summed E-state index contributed by atoms with van der Waals surface area (Å²) in [5, 5.41) is 22.9. The van der Waals surface area contributed by atoms with Crippen LogP contribution in [-0.2, 0) is 14.3 Å². The molecule has 0 aromatic rings. The second-order valence-electron chi connectivity index (χ2n) is 16.5. The zero-order valence-electron chi connectivity index (χ0n) is 36.2. The zero-order valence-corrected chi connectivity index (χ0v) is 36.2. The molecule has 54 heavy (non-hydrogen) atoms. The molecular weight excluding hydrogens is 671 g/mol. The first kappa shape index (κ1) is 52.6. The Balaban J connectivity index is 3.43. The third-order valence-corrected chi connectivity index (χ3v) is 11.1. The van der Waals surface area contributed by atoms with E-state index in [1.807, 2.05) is 6.08 Å². The van der Waals surface area contributed by atoms with Gasteiger partial charge >= 0.3 is 5.97 Å². The van der Waals surface area contributed by atoms with Gasteiger partial charge < -0.3 is 20.3 Å². The van der Waals surface area contributed by atoms with Crippen molar-refractivity contribution >= 4 is 11.9 Å². The molecule has 0 aromatic heterocycles. The van der Waals surface area contributed by atoms with Crippen LogP contribution in [0.25, 0.3) is 0 Å². The molecule has 0 bridgehead atoms. The quantitative estimate of drug-likeness (QED) is 0.0326. The van der Waals surface area contributed by atoms with Crippen molar-refractivity contribution < 1.29 is 24.5 Å². The molecule has 0 rings (SSSR count). The number of hydrogen-bond acceptors (Lipinski definition) is 5. The Hall–Kier alpha value is -1.40. The summed E-state index contributed by atoms with van der Waals surface area (Å²) in [6.45, 7) is 4.84. The van der Waals surface area contributed by atoms with E-state index in [2.05, 4.69) is 19.2 Å². The third kappa shape index (κ3) is 40.3. The van der Waals surface area contributed by atoms with E-state index < -0.39 is 12.1 Å². The topological polar surface area (TPSA) is 95.9 Å². The molecule has 0 fully saturated rings. The van der Waals surface area contributed by atoms with Gasteiger partial charge in [0.25, 0.3) is 0 Å². The Labute approximate surface area is 336 Å². The van der Waals surface area contributed by atoms with E-state index in [-0.39, 0.29) is 18.5 Å². The molecule has 0 saturated carbocycles. The lowest BCUT2D eigenvalue weighted by Crippen LogP contribution is -2.45. The summed E-state index contributed by atoms with van der Waals surface area (Å²) in [7, 11) is 0. The largest absolute Gasteiger partial charge is 0.466 e. The van der Waals surface area contributed by atoms with Crippen LogP contribution in [0.2, 0.25) is 0 Å². The first-order chi connectivity index (χ1) is 26.5. The number of nitrogens with one attached hydrogen (secondary N) is 1. The predicted molar refractivity (Wildman–Crippen MR) is 232 cm³/mol. The van der Waals surface area contributed by atoms with Gasteiger partial charge in [-0.1, -0.05) is 225 Å². The van der Waals surface area contributed by atoms with Crippen LogP contribution in [0.15, 0.2) is 12.2 Å². The molecule has 6 nitrogen and oxygen atoms in total. The van der Waals surface area contributed by atoms with Crippen LogP contribution < -0.4 is 5.32 Å². The summed E-state index contributed by atoms with van der Waals surface area (Å²) in [5.74, 6) is -0.0939. The molecule has 2 unspecified atom stereocenters. The summed E-state index contributed by atoms with van der Waals surface area (Å²) in [6.07, 6.45) is 49.2. The molecule has 0 aromatic carbocycles. The van der Waals surface area contributed by atoms with Crippen molar-refractivity contribution in [1.29, 1.82) is 0 Å². The smallest absolute Gasteiger partial charge is 0.305 e. The molecule has 0 saturated heterocycles. The van der Waals surface area contributed by atoms with Gasteiger partial charge in [-0.05, 0) is 32.1 Å². The third-order valence-electron chi connectivity index (χ3n) is 11.1. The molecule has 0 aliphatic rings. The van der Waals surface area contributed by atoms with Crippen molar-refractivity contribution in [3.8, 4) is 0 Å². The Bertz CT molecular complexity index is 802. The van der Waals surface area contributed by atoms with E-state index in [1.165, 1.54) is 173 Å². The van der Waals surface area contributed by atoms with E-state index in [0.29, 0.717) is 19.4 Å². The van der Waals surface area contributed by atoms with Gasteiger partial charge in [0.15, 0.2) is 0 Å². The maximum atomic E-state index is 12.3. The molecule has 0 radical (unpaired) electrons. The first-order valence-electron chi connectivity index (χ1n) is 24.0. The highest BCUT2D eigenvalue weighted by atomic mass is 16.5. The number of ether oxygens (including phenoxy) is 1. The van der Waals surface area contributed by atoms with Crippen molar-refractivity contribution in [2.45, 2.75) is 270 Å². The standard InChI is InChI=1S/C48H93NO5/c1-3-5-7-9-11-13-14-15-16-17-18-22-26-30-34-38-42-48(53)54-43-39-35-31-27-23-20-19-21-25-29-33-37-41-47(52)49-45(44-50)46(51)40-36-32-28-24-12-10-8-6-4-2/h36,40,45-46,50-51H,3-35,37-39,41-44H2,1-2H3,(H,49,52)/b40-36+. The van der Waals surface area contributed by atoms with Gasteiger partial charge in [0, 0.05) is 12.8 Å². The number of amides is 1. The minimum atomic E-state index is -0.851. The lowest BCUT2D eigenvalue weighted by atomic mass is 10.0. The molecule has 0 aliphatic heterocycles. The van der Waals surface area contributed by atoms with Crippen molar-refractivity contribution in [3.63, 3.8) is 0 Å². The van der Waals surface area contributed by atoms with E-state index in [1.54, 1.807) is 6.08 Å². The highest BCUT2D eigenvalue weighted by Gasteiger charge is 2.18. The Kier molecular flexibility index (Phi) is 43.2. The minimum absolute atomic E-state index is 0.00808. The van der Waals surface area contributed by atoms with Crippen LogP contribution >= 0.6 is 0 Å². The highest BCUT2D eigenvalue weighted by molar-refractivity contribution is 5.76. The molecule has 0 spiro atoms. The molecule has 2 atom stereocenters. The van der Waals surface area contributed by atoms with Crippen LogP contribution in [0.5, 0.6) is 0 Å². The van der Waals surface area contributed by atoms with E-state index in [0.717, 1.165) is 57.8 Å². The van der Waals surface area contributed by atoms with Crippen LogP contribution in [0.1, 0.15) is 258 Å². The molecule has 1 amide bonds. The Morgan fingerprint density at radius 2 is 0.852 bits per heavy atom. The second-order valence-corrected chi connectivity index (χ2v) is 16.5. The molecule has 320 valence electrons. The average molecular weight is 764 g/mol. The number of hydrogen-bond donors (Lipinski definition) is 3. The normalized spacial score (nSPS) is 12.7. The monoisotopic (exact) mass is 764 g/mol. The summed E-state index contributed by atoms with van der Waals surface area (Å²) in [6, 6.07) is -0.636. The number of esters is 1. The minimum Gasteiger partial charge on any atom is -0.466 e. The number of carbonyl (C=O) groups is 2. The second kappa shape index (κ2) is 44.3. The number of allylic oxidation sites excluding steroid dienone is 1. The molecular formula is C48H93NO5. The van der Waals surface area contributed by atoms with Gasteiger partial charge in [-0.15, -0.1) is 0 Å². The fourth-order valence-electron chi connectivity index (χ4n) is 7.34. The Morgan fingerprint density at radius 3 is 1.26 bits per heavy atom. The molecule has 0 aliphatic carbocycles. The molecule has 3 N–H and O–H groups in total. The fourth-order valence-corrected chi connectivity index (χ4v) is 7.34. The maximum Gasteiger partial charge on any atom is 0.305 e. The van der Waals surface area contributed by atoms with Crippen molar-refractivity contribution in [1.82, 2.24) is 5.32 Å². The number of carbonyl (C=O) groups excluding carboxylic acids is 2. The SMILES string of the molecule is CCCCCCCCC/C=C/C(O)C(CO)NC(=O)CCCCCCCCCCCCCCOC(=O)CCCCCCCCCCCCCCCCCC. The predicted octanol–water partition coefficient (Wildman–Crippen LogP) is 13.8. The van der Waals surface area contributed by atoms with Crippen molar-refractivity contribution in [2.75, 3.05) is 13.2 Å². The molecule has 0 heterocycles. The summed E-state index contributed by atoms with van der Waals surface area (Å²) in [5.41, 5.74) is 0. The van der Waals surface area contributed by atoms with Gasteiger partial charge in [-0.3, -0.25) is 9.59 Å². The molecule has 6 heteroatoms. The lowest BCUT2D eigenvalue weighted by Gasteiger charge is -2.20. The zero-order chi connectivity index (χ0) is 39.4. The van der Waals surface area contributed by atoms with Crippen LogP contribution in [-0.4, -0.2) is 47.4 Å². The van der Waals surface area contributed by atoms with E-state index >= 15 is 0 Å². The number of unbranched alkanes of at least 4 members (excludes halogenated alkanes) is 33. The summed E-state index contributed by atoms with van der Waals surface area (Å²) in [4.78, 5) is 24.4. The van der Waals surface area contributed by atoms with E-state index in [9.17, 15) is 19.8 Å². The Morgan fingerprint density at radius 1 is 0.500 bits per heavy atom.